The number of nitrogens with one attached hydrogen (secondary N) is 1. The summed E-state index contributed by atoms with van der Waals surface area (Å²) < 4.78 is 6.87. The number of nitrogens with zero attached hydrogens (tertiary/aromatic N) is 5. The summed E-state index contributed by atoms with van der Waals surface area (Å²) in [5.41, 5.74) is 2.11. The summed E-state index contributed by atoms with van der Waals surface area (Å²) in [5, 5.41) is 3.54. The lowest BCUT2D eigenvalue weighted by atomic mass is 10.2. The van der Waals surface area contributed by atoms with Gasteiger partial charge in [0.25, 0.3) is 5.56 Å². The van der Waals surface area contributed by atoms with Crippen LogP contribution < -0.4 is 20.5 Å². The highest BCUT2D eigenvalue weighted by molar-refractivity contribution is 5.55. The van der Waals surface area contributed by atoms with Crippen LogP contribution in [0.25, 0.3) is 11.4 Å². The molecular weight excluding hydrogens is 356 g/mol. The van der Waals surface area contributed by atoms with Crippen LogP contribution in [0.2, 0.25) is 0 Å². The number of hydrogen-bond acceptors (Lipinski definition) is 7. The van der Waals surface area contributed by atoms with Crippen molar-refractivity contribution in [3.63, 3.8) is 0 Å². The summed E-state index contributed by atoms with van der Waals surface area (Å²) in [4.78, 5) is 27.4. The van der Waals surface area contributed by atoms with Crippen LogP contribution in [-0.4, -0.2) is 45.8 Å². The molecule has 1 aromatic carbocycles. The summed E-state index contributed by atoms with van der Waals surface area (Å²) in [5.74, 6) is 1.47. The predicted octanol–water partition coefficient (Wildman–Crippen LogP) is 1.94. The maximum Gasteiger partial charge on any atom is 0.255 e. The Bertz CT molecular complexity index is 1020. The van der Waals surface area contributed by atoms with Crippen LogP contribution in [0.5, 0.6) is 5.75 Å². The van der Waals surface area contributed by atoms with Crippen LogP contribution in [0.1, 0.15) is 6.42 Å². The molecule has 0 unspecified atom stereocenters. The highest BCUT2D eigenvalue weighted by Crippen LogP contribution is 2.23. The number of rotatable bonds is 5. The summed E-state index contributed by atoms with van der Waals surface area (Å²) in [6.07, 6.45) is 4.05. The van der Waals surface area contributed by atoms with Crippen LogP contribution in [-0.2, 0) is 7.05 Å². The van der Waals surface area contributed by atoms with Gasteiger partial charge in [-0.05, 0) is 24.6 Å². The van der Waals surface area contributed by atoms with Gasteiger partial charge in [0.1, 0.15) is 12.1 Å². The molecule has 0 spiro atoms. The quantitative estimate of drug-likeness (QED) is 0.726. The van der Waals surface area contributed by atoms with E-state index in [0.29, 0.717) is 17.3 Å². The molecule has 4 rings (SSSR count). The lowest BCUT2D eigenvalue weighted by Gasteiger charge is -2.21. The van der Waals surface area contributed by atoms with Crippen LogP contribution >= 0.6 is 0 Å². The van der Waals surface area contributed by atoms with Gasteiger partial charge in [-0.15, -0.1) is 0 Å². The zero-order valence-electron chi connectivity index (χ0n) is 15.9. The van der Waals surface area contributed by atoms with E-state index < -0.39 is 0 Å². The third-order valence-corrected chi connectivity index (χ3v) is 4.87. The molecule has 1 saturated heterocycles. The fourth-order valence-corrected chi connectivity index (χ4v) is 3.39. The van der Waals surface area contributed by atoms with E-state index in [2.05, 4.69) is 20.2 Å². The highest BCUT2D eigenvalue weighted by Gasteiger charge is 2.26. The molecule has 1 atom stereocenters. The molecule has 144 valence electrons. The minimum Gasteiger partial charge on any atom is -0.497 e. The molecule has 8 nitrogen and oxygen atoms in total. The Morgan fingerprint density at radius 3 is 2.89 bits per heavy atom. The normalized spacial score (nSPS) is 16.2. The number of anilines is 2. The maximum atomic E-state index is 12.5. The molecule has 1 aliphatic rings. The van der Waals surface area contributed by atoms with E-state index >= 15 is 0 Å². The molecule has 3 aromatic rings. The second kappa shape index (κ2) is 7.67. The summed E-state index contributed by atoms with van der Waals surface area (Å²) in [6.45, 7) is 1.57. The minimum absolute atomic E-state index is 0.109. The Labute approximate surface area is 162 Å². The Morgan fingerprint density at radius 1 is 1.21 bits per heavy atom. The van der Waals surface area contributed by atoms with Gasteiger partial charge in [-0.2, -0.15) is 0 Å². The molecule has 8 heteroatoms. The maximum absolute atomic E-state index is 12.5. The van der Waals surface area contributed by atoms with E-state index in [4.69, 9.17) is 9.72 Å². The molecule has 0 bridgehead atoms. The molecule has 0 saturated carbocycles. The molecule has 0 aliphatic carbocycles. The number of methoxy groups -OCH3 is 1. The van der Waals surface area contributed by atoms with Crippen LogP contribution in [0.4, 0.5) is 11.6 Å². The number of aromatic nitrogens is 4. The molecule has 0 amide bonds. The smallest absolute Gasteiger partial charge is 0.255 e. The highest BCUT2D eigenvalue weighted by atomic mass is 16.5. The van der Waals surface area contributed by atoms with Crippen molar-refractivity contribution in [2.75, 3.05) is 30.4 Å². The summed E-state index contributed by atoms with van der Waals surface area (Å²) in [6, 6.07) is 11.4. The van der Waals surface area contributed by atoms with Gasteiger partial charge in [-0.3, -0.25) is 9.36 Å². The van der Waals surface area contributed by atoms with E-state index in [1.807, 2.05) is 24.3 Å². The zero-order valence-corrected chi connectivity index (χ0v) is 15.9. The summed E-state index contributed by atoms with van der Waals surface area (Å²) >= 11 is 0. The second-order valence-electron chi connectivity index (χ2n) is 6.74. The first-order valence-electron chi connectivity index (χ1n) is 9.14. The first kappa shape index (κ1) is 18.0. The van der Waals surface area contributed by atoms with Crippen LogP contribution in [0, 0.1) is 0 Å². The molecule has 2 aromatic heterocycles. The molecule has 28 heavy (non-hydrogen) atoms. The van der Waals surface area contributed by atoms with E-state index in [0.717, 1.165) is 30.9 Å². The lowest BCUT2D eigenvalue weighted by molar-refractivity contribution is 0.415. The standard InChI is InChI=1S/C20H22N6O2/c1-25-19(27)11-18(17-6-8-21-13-22-17)24-20(25)26-9-7-15(12-26)23-14-4-3-5-16(10-14)28-2/h3-6,8,10-11,13,15,23H,7,9,12H2,1-2H3/t15-/m1/s1. The van der Waals surface area contributed by atoms with E-state index in [-0.39, 0.29) is 11.6 Å². The van der Waals surface area contributed by atoms with Gasteiger partial charge in [-0.1, -0.05) is 6.07 Å². The average Bonchev–Trinajstić information content (AvgIpc) is 3.19. The van der Waals surface area contributed by atoms with Gasteiger partial charge >= 0.3 is 0 Å². The van der Waals surface area contributed by atoms with Gasteiger partial charge in [0, 0.05) is 50.2 Å². The average molecular weight is 378 g/mol. The van der Waals surface area contributed by atoms with Gasteiger partial charge in [0.05, 0.1) is 18.5 Å². The van der Waals surface area contributed by atoms with Crippen molar-refractivity contribution in [3.8, 4) is 17.1 Å². The molecular formula is C20H22N6O2. The van der Waals surface area contributed by atoms with Crippen molar-refractivity contribution in [3.05, 3.63) is 59.3 Å². The first-order valence-corrected chi connectivity index (χ1v) is 9.14. The van der Waals surface area contributed by atoms with Gasteiger partial charge in [-0.25, -0.2) is 15.0 Å². The van der Waals surface area contributed by atoms with Crippen molar-refractivity contribution in [1.82, 2.24) is 19.5 Å². The van der Waals surface area contributed by atoms with E-state index in [9.17, 15) is 4.79 Å². The van der Waals surface area contributed by atoms with Crippen LogP contribution in [0.15, 0.2) is 53.7 Å². The topological polar surface area (TPSA) is 85.2 Å². The van der Waals surface area contributed by atoms with Crippen molar-refractivity contribution in [1.29, 1.82) is 0 Å². The van der Waals surface area contributed by atoms with E-state index in [1.54, 1.807) is 31.0 Å². The Hall–Kier alpha value is -3.42. The van der Waals surface area contributed by atoms with Crippen LogP contribution in [0.3, 0.4) is 0 Å². The number of benzene rings is 1. The SMILES string of the molecule is COc1cccc(N[C@@H]2CCN(c3nc(-c4ccncn4)cc(=O)n3C)C2)c1. The Balaban J connectivity index is 1.55. The largest absolute Gasteiger partial charge is 0.497 e. The third kappa shape index (κ3) is 3.66. The van der Waals surface area contributed by atoms with Crippen molar-refractivity contribution >= 4 is 11.6 Å². The molecule has 0 radical (unpaired) electrons. The van der Waals surface area contributed by atoms with Crippen molar-refractivity contribution in [2.24, 2.45) is 7.05 Å². The van der Waals surface area contributed by atoms with Crippen molar-refractivity contribution in [2.45, 2.75) is 12.5 Å². The first-order chi connectivity index (χ1) is 13.6. The van der Waals surface area contributed by atoms with Crippen molar-refractivity contribution < 1.29 is 4.74 Å². The van der Waals surface area contributed by atoms with Gasteiger partial charge in [0.15, 0.2) is 0 Å². The Kier molecular flexibility index (Phi) is 4.92. The fourth-order valence-electron chi connectivity index (χ4n) is 3.39. The molecule has 1 aliphatic heterocycles. The third-order valence-electron chi connectivity index (χ3n) is 4.87. The molecule has 1 fully saturated rings. The van der Waals surface area contributed by atoms with E-state index in [1.165, 1.54) is 12.4 Å². The minimum atomic E-state index is -0.109. The Morgan fingerprint density at radius 2 is 2.11 bits per heavy atom. The zero-order chi connectivity index (χ0) is 19.5. The molecule has 3 heterocycles. The van der Waals surface area contributed by atoms with Gasteiger partial charge in [0.2, 0.25) is 5.95 Å². The second-order valence-corrected chi connectivity index (χ2v) is 6.74. The monoisotopic (exact) mass is 378 g/mol. The number of hydrogen-bond donors (Lipinski definition) is 1. The lowest BCUT2D eigenvalue weighted by Crippen LogP contribution is -2.32. The predicted molar refractivity (Wildman–Crippen MR) is 108 cm³/mol. The van der Waals surface area contributed by atoms with Gasteiger partial charge < -0.3 is 15.0 Å². The number of ether oxygens (including phenoxy) is 1. The molecule has 1 N–H and O–H groups in total. The fraction of sp³-hybridized carbons (Fsp3) is 0.300. The summed E-state index contributed by atoms with van der Waals surface area (Å²) in [7, 11) is 3.41.